The summed E-state index contributed by atoms with van der Waals surface area (Å²) in [6.07, 6.45) is 0.806. The molecular weight excluding hydrogens is 358 g/mol. The van der Waals surface area contributed by atoms with E-state index in [0.717, 1.165) is 31.2 Å². The van der Waals surface area contributed by atoms with Crippen LogP contribution in [0.5, 0.6) is 0 Å². The number of benzene rings is 1. The van der Waals surface area contributed by atoms with Gasteiger partial charge in [-0.15, -0.1) is 11.3 Å². The molecule has 1 amide bonds. The second-order valence-corrected chi connectivity index (χ2v) is 8.02. The lowest BCUT2D eigenvalue weighted by atomic mass is 10.1. The lowest BCUT2D eigenvalue weighted by Gasteiger charge is -2.21. The fourth-order valence-corrected chi connectivity index (χ4v) is 4.50. The maximum atomic E-state index is 12.6. The van der Waals surface area contributed by atoms with E-state index in [4.69, 9.17) is 0 Å². The maximum Gasteiger partial charge on any atom is 0.251 e. The molecule has 2 N–H and O–H groups in total. The molecular formula is C20H23N5OS. The number of aromatic nitrogens is 3. The van der Waals surface area contributed by atoms with Crippen molar-refractivity contribution >= 4 is 17.2 Å². The molecule has 1 saturated heterocycles. The predicted molar refractivity (Wildman–Crippen MR) is 106 cm³/mol. The number of hydrogen-bond acceptors (Lipinski definition) is 5. The Kier molecular flexibility index (Phi) is 5.05. The Balaban J connectivity index is 1.51. The van der Waals surface area contributed by atoms with E-state index in [0.29, 0.717) is 5.56 Å². The number of thiophene rings is 1. The summed E-state index contributed by atoms with van der Waals surface area (Å²) in [4.78, 5) is 20.8. The largest absolute Gasteiger partial charge is 0.348 e. The van der Waals surface area contributed by atoms with Gasteiger partial charge in [-0.1, -0.05) is 18.2 Å². The van der Waals surface area contributed by atoms with Crippen molar-refractivity contribution in [3.8, 4) is 0 Å². The molecule has 27 heavy (non-hydrogen) atoms. The van der Waals surface area contributed by atoms with Crippen LogP contribution in [0.1, 0.15) is 44.9 Å². The Morgan fingerprint density at radius 3 is 2.78 bits per heavy atom. The number of nitrogens with zero attached hydrogens (tertiary/aromatic N) is 3. The molecule has 4 rings (SSSR count). The summed E-state index contributed by atoms with van der Waals surface area (Å²) in [5.41, 5.74) is 2.00. The minimum Gasteiger partial charge on any atom is -0.348 e. The van der Waals surface area contributed by atoms with Gasteiger partial charge >= 0.3 is 0 Å². The first-order valence-corrected chi connectivity index (χ1v) is 10.00. The topological polar surface area (TPSA) is 73.9 Å². The van der Waals surface area contributed by atoms with Gasteiger partial charge in [0.25, 0.3) is 5.91 Å². The fraction of sp³-hybridized carbons (Fsp3) is 0.350. The van der Waals surface area contributed by atoms with Gasteiger partial charge in [-0.05, 0) is 49.4 Å². The first-order chi connectivity index (χ1) is 13.1. The van der Waals surface area contributed by atoms with Crippen LogP contribution >= 0.6 is 11.3 Å². The number of carbonyl (C=O) groups is 1. The minimum atomic E-state index is -0.0281. The molecule has 2 atom stereocenters. The van der Waals surface area contributed by atoms with E-state index in [2.05, 4.69) is 43.8 Å². The number of aromatic amines is 1. The Morgan fingerprint density at radius 2 is 2.11 bits per heavy atom. The van der Waals surface area contributed by atoms with Gasteiger partial charge in [-0.3, -0.25) is 14.8 Å². The van der Waals surface area contributed by atoms with Crippen LogP contribution in [0.4, 0.5) is 0 Å². The molecule has 0 aliphatic carbocycles. The van der Waals surface area contributed by atoms with Crippen molar-refractivity contribution in [2.24, 2.45) is 0 Å². The summed E-state index contributed by atoms with van der Waals surface area (Å²) in [5.74, 6) is 1.59. The number of rotatable bonds is 5. The summed E-state index contributed by atoms with van der Waals surface area (Å²) in [6.45, 7) is 5.68. The second kappa shape index (κ2) is 7.62. The van der Waals surface area contributed by atoms with E-state index in [1.165, 1.54) is 10.4 Å². The Hall–Kier alpha value is -2.51. The molecule has 0 unspecified atom stereocenters. The van der Waals surface area contributed by atoms with Crippen molar-refractivity contribution in [2.45, 2.75) is 38.9 Å². The molecule has 140 valence electrons. The Morgan fingerprint density at radius 1 is 1.30 bits per heavy atom. The standard InChI is InChI=1S/C20H23N5OS/c1-13-8-9-27-18(13)12-25-11-16(10-17(25)19-21-14(2)23-24-19)22-20(26)15-6-4-3-5-7-15/h3-9,16-17H,10-12H2,1-2H3,(H,22,26)(H,21,23,24)/t16-,17-/m0/s1. The summed E-state index contributed by atoms with van der Waals surface area (Å²) < 4.78 is 0. The lowest BCUT2D eigenvalue weighted by Crippen LogP contribution is -2.36. The molecule has 0 spiro atoms. The molecule has 0 bridgehead atoms. The van der Waals surface area contributed by atoms with Crippen molar-refractivity contribution in [3.63, 3.8) is 0 Å². The Bertz CT molecular complexity index is 919. The number of likely N-dealkylation sites (tertiary alicyclic amines) is 1. The zero-order chi connectivity index (χ0) is 18.8. The minimum absolute atomic E-state index is 0.0281. The highest BCUT2D eigenvalue weighted by Gasteiger charge is 2.36. The van der Waals surface area contributed by atoms with Gasteiger partial charge in [-0.2, -0.15) is 5.10 Å². The third-order valence-corrected chi connectivity index (χ3v) is 6.01. The highest BCUT2D eigenvalue weighted by atomic mass is 32.1. The normalized spacial score (nSPS) is 20.1. The molecule has 1 aliphatic rings. The zero-order valence-electron chi connectivity index (χ0n) is 15.5. The number of aryl methyl sites for hydroxylation is 2. The summed E-state index contributed by atoms with van der Waals surface area (Å²) in [5, 5.41) is 12.6. The number of hydrogen-bond donors (Lipinski definition) is 2. The van der Waals surface area contributed by atoms with Gasteiger partial charge in [0.05, 0.1) is 6.04 Å². The molecule has 1 aliphatic heterocycles. The fourth-order valence-electron chi connectivity index (χ4n) is 3.57. The molecule has 0 saturated carbocycles. The van der Waals surface area contributed by atoms with Crippen LogP contribution in [-0.4, -0.2) is 38.6 Å². The van der Waals surface area contributed by atoms with Crippen molar-refractivity contribution in [1.29, 1.82) is 0 Å². The second-order valence-electron chi connectivity index (χ2n) is 7.02. The first kappa shape index (κ1) is 17.9. The third-order valence-electron chi connectivity index (χ3n) is 5.00. The highest BCUT2D eigenvalue weighted by Crippen LogP contribution is 2.33. The van der Waals surface area contributed by atoms with Gasteiger partial charge in [0.2, 0.25) is 0 Å². The number of carbonyl (C=O) groups excluding carboxylic acids is 1. The highest BCUT2D eigenvalue weighted by molar-refractivity contribution is 7.10. The van der Waals surface area contributed by atoms with E-state index in [9.17, 15) is 4.79 Å². The number of nitrogens with one attached hydrogen (secondary N) is 2. The molecule has 2 aromatic heterocycles. The maximum absolute atomic E-state index is 12.6. The molecule has 3 heterocycles. The van der Waals surface area contributed by atoms with Crippen molar-refractivity contribution in [2.75, 3.05) is 6.54 Å². The third kappa shape index (κ3) is 3.94. The van der Waals surface area contributed by atoms with E-state index in [1.54, 1.807) is 11.3 Å². The molecule has 3 aromatic rings. The SMILES string of the molecule is Cc1nc([C@@H]2C[C@H](NC(=O)c3ccccc3)CN2Cc2sccc2C)n[nH]1. The molecule has 6 nitrogen and oxygen atoms in total. The summed E-state index contributed by atoms with van der Waals surface area (Å²) in [6, 6.07) is 11.7. The van der Waals surface area contributed by atoms with Gasteiger partial charge < -0.3 is 5.32 Å². The van der Waals surface area contributed by atoms with E-state index in [-0.39, 0.29) is 18.0 Å². The Labute approximate surface area is 162 Å². The van der Waals surface area contributed by atoms with Crippen molar-refractivity contribution in [3.05, 3.63) is 69.4 Å². The molecule has 1 fully saturated rings. The van der Waals surface area contributed by atoms with Crippen LogP contribution in [0, 0.1) is 13.8 Å². The van der Waals surface area contributed by atoms with Crippen LogP contribution < -0.4 is 5.32 Å². The van der Waals surface area contributed by atoms with Crippen molar-refractivity contribution in [1.82, 2.24) is 25.4 Å². The monoisotopic (exact) mass is 381 g/mol. The average molecular weight is 382 g/mol. The number of amides is 1. The van der Waals surface area contributed by atoms with Gasteiger partial charge in [0.15, 0.2) is 5.82 Å². The number of H-pyrrole nitrogens is 1. The van der Waals surface area contributed by atoms with Crippen molar-refractivity contribution < 1.29 is 4.79 Å². The quantitative estimate of drug-likeness (QED) is 0.712. The summed E-state index contributed by atoms with van der Waals surface area (Å²) in [7, 11) is 0. The van der Waals surface area contributed by atoms with Crippen LogP contribution in [-0.2, 0) is 6.54 Å². The summed E-state index contributed by atoms with van der Waals surface area (Å²) >= 11 is 1.77. The first-order valence-electron chi connectivity index (χ1n) is 9.12. The van der Waals surface area contributed by atoms with Crippen LogP contribution in [0.25, 0.3) is 0 Å². The van der Waals surface area contributed by atoms with Gasteiger partial charge in [0, 0.05) is 29.6 Å². The van der Waals surface area contributed by atoms with Crippen LogP contribution in [0.2, 0.25) is 0 Å². The van der Waals surface area contributed by atoms with E-state index in [1.807, 2.05) is 37.3 Å². The predicted octanol–water partition coefficient (Wildman–Crippen LogP) is 3.23. The molecule has 0 radical (unpaired) electrons. The van der Waals surface area contributed by atoms with E-state index < -0.39 is 0 Å². The smallest absolute Gasteiger partial charge is 0.251 e. The van der Waals surface area contributed by atoms with Crippen LogP contribution in [0.3, 0.4) is 0 Å². The average Bonchev–Trinajstić information content (AvgIpc) is 3.37. The molecule has 1 aromatic carbocycles. The van der Waals surface area contributed by atoms with Crippen LogP contribution in [0.15, 0.2) is 41.8 Å². The molecule has 7 heteroatoms. The van der Waals surface area contributed by atoms with Gasteiger partial charge in [-0.25, -0.2) is 4.98 Å². The lowest BCUT2D eigenvalue weighted by molar-refractivity contribution is 0.0937. The van der Waals surface area contributed by atoms with Gasteiger partial charge in [0.1, 0.15) is 5.82 Å². The zero-order valence-corrected chi connectivity index (χ0v) is 16.3. The van der Waals surface area contributed by atoms with E-state index >= 15 is 0 Å².